The fourth-order valence-corrected chi connectivity index (χ4v) is 1.53. The van der Waals surface area contributed by atoms with Gasteiger partial charge in [-0.05, 0) is 25.0 Å². The molecular weight excluding hydrogens is 280 g/mol. The van der Waals surface area contributed by atoms with Crippen LogP contribution in [-0.2, 0) is 16.0 Å². The van der Waals surface area contributed by atoms with Gasteiger partial charge in [0.05, 0.1) is 17.7 Å². The Kier molecular flexibility index (Phi) is 8.40. The first-order valence-corrected chi connectivity index (χ1v) is 6.23. The molecule has 0 fully saturated rings. The number of carbonyl (C=O) groups excluding carboxylic acids is 1. The van der Waals surface area contributed by atoms with Crippen molar-refractivity contribution < 1.29 is 34.4 Å². The molecule has 7 nitrogen and oxygen atoms in total. The number of carboxylic acids is 2. The number of carboxylic acid groups (broad SMARTS) is 2. The molecule has 0 saturated heterocycles. The van der Waals surface area contributed by atoms with E-state index in [1.54, 1.807) is 19.1 Å². The second-order valence-electron chi connectivity index (χ2n) is 3.77. The molecule has 0 unspecified atom stereocenters. The van der Waals surface area contributed by atoms with Crippen molar-refractivity contribution in [1.82, 2.24) is 0 Å². The van der Waals surface area contributed by atoms with E-state index in [0.29, 0.717) is 12.0 Å². The second-order valence-corrected chi connectivity index (χ2v) is 3.77. The van der Waals surface area contributed by atoms with E-state index in [9.17, 15) is 9.59 Å². The monoisotopic (exact) mass is 298 g/mol. The molecule has 0 atom stereocenters. The molecule has 0 radical (unpaired) electrons. The number of benzene rings is 1. The molecule has 0 saturated carbocycles. The summed E-state index contributed by atoms with van der Waals surface area (Å²) >= 11 is 0. The normalized spacial score (nSPS) is 9.29. The smallest absolute Gasteiger partial charge is 0.339 e. The van der Waals surface area contributed by atoms with Crippen molar-refractivity contribution in [2.75, 3.05) is 13.2 Å². The molecule has 7 heteroatoms. The number of hydrogen-bond donors (Lipinski definition) is 3. The van der Waals surface area contributed by atoms with E-state index < -0.39 is 24.5 Å². The highest BCUT2D eigenvalue weighted by Crippen LogP contribution is 2.17. The van der Waals surface area contributed by atoms with E-state index in [-0.39, 0.29) is 17.7 Å². The Bertz CT molecular complexity index is 508. The molecule has 0 spiro atoms. The second kappa shape index (κ2) is 9.49. The number of esters is 1. The Balaban J connectivity index is 0.000000690. The fraction of sp³-hybridized carbons (Fsp3) is 0.357. The molecule has 0 aliphatic carbocycles. The first-order chi connectivity index (χ1) is 9.88. The lowest BCUT2D eigenvalue weighted by molar-refractivity contribution is -0.140. The van der Waals surface area contributed by atoms with E-state index in [1.807, 2.05) is 6.92 Å². The SMILES string of the molecule is CCOC(=O)c1cccc(CC)c1C(=O)O.O=C(O)CO. The van der Waals surface area contributed by atoms with Crippen LogP contribution in [0.5, 0.6) is 0 Å². The Morgan fingerprint density at radius 1 is 1.14 bits per heavy atom. The van der Waals surface area contributed by atoms with Gasteiger partial charge in [-0.1, -0.05) is 19.1 Å². The van der Waals surface area contributed by atoms with Crippen molar-refractivity contribution in [2.45, 2.75) is 20.3 Å². The minimum absolute atomic E-state index is 0.0449. The largest absolute Gasteiger partial charge is 0.480 e. The molecular formula is C14H18O7. The summed E-state index contributed by atoms with van der Waals surface area (Å²) in [6.07, 6.45) is 0.564. The van der Waals surface area contributed by atoms with Crippen LogP contribution in [0.3, 0.4) is 0 Å². The first-order valence-electron chi connectivity index (χ1n) is 6.23. The van der Waals surface area contributed by atoms with Gasteiger partial charge in [0.15, 0.2) is 0 Å². The number of aliphatic hydroxyl groups excluding tert-OH is 1. The topological polar surface area (TPSA) is 121 Å². The molecule has 0 amide bonds. The van der Waals surface area contributed by atoms with Crippen LogP contribution in [0, 0.1) is 0 Å². The van der Waals surface area contributed by atoms with Crippen LogP contribution in [0.25, 0.3) is 0 Å². The number of aliphatic hydroxyl groups is 1. The Morgan fingerprint density at radius 2 is 1.71 bits per heavy atom. The zero-order valence-electron chi connectivity index (χ0n) is 11.8. The number of aliphatic carboxylic acids is 1. The molecule has 21 heavy (non-hydrogen) atoms. The van der Waals surface area contributed by atoms with E-state index in [4.69, 9.17) is 24.9 Å². The van der Waals surface area contributed by atoms with E-state index >= 15 is 0 Å². The van der Waals surface area contributed by atoms with Crippen LogP contribution in [0.4, 0.5) is 0 Å². The summed E-state index contributed by atoms with van der Waals surface area (Å²) in [5.41, 5.74) is 0.801. The van der Waals surface area contributed by atoms with E-state index in [0.717, 1.165) is 0 Å². The van der Waals surface area contributed by atoms with E-state index in [2.05, 4.69) is 0 Å². The Morgan fingerprint density at radius 3 is 2.10 bits per heavy atom. The molecule has 0 aliphatic rings. The molecule has 0 bridgehead atoms. The summed E-state index contributed by atoms with van der Waals surface area (Å²) in [6, 6.07) is 4.84. The van der Waals surface area contributed by atoms with Crippen LogP contribution < -0.4 is 0 Å². The number of ether oxygens (including phenoxy) is 1. The molecule has 1 aromatic rings. The van der Waals surface area contributed by atoms with Crippen LogP contribution in [0.2, 0.25) is 0 Å². The number of aromatic carboxylic acids is 1. The highest BCUT2D eigenvalue weighted by Gasteiger charge is 2.20. The van der Waals surface area contributed by atoms with Gasteiger partial charge in [-0.15, -0.1) is 0 Å². The van der Waals surface area contributed by atoms with Crippen molar-refractivity contribution in [2.24, 2.45) is 0 Å². The third-order valence-electron chi connectivity index (χ3n) is 2.38. The van der Waals surface area contributed by atoms with Gasteiger partial charge in [-0.25, -0.2) is 14.4 Å². The number of hydrogen-bond acceptors (Lipinski definition) is 5. The summed E-state index contributed by atoms with van der Waals surface area (Å²) in [5.74, 6) is -2.87. The summed E-state index contributed by atoms with van der Waals surface area (Å²) < 4.78 is 4.82. The van der Waals surface area contributed by atoms with Gasteiger partial charge >= 0.3 is 17.9 Å². The predicted octanol–water partition coefficient (Wildman–Crippen LogP) is 1.19. The molecule has 1 aromatic carbocycles. The zero-order chi connectivity index (χ0) is 16.4. The molecule has 0 aromatic heterocycles. The predicted molar refractivity (Wildman–Crippen MR) is 73.5 cm³/mol. The lowest BCUT2D eigenvalue weighted by Gasteiger charge is -2.09. The highest BCUT2D eigenvalue weighted by molar-refractivity contribution is 6.03. The summed E-state index contributed by atoms with van der Waals surface area (Å²) in [7, 11) is 0. The number of aryl methyl sites for hydroxylation is 1. The molecule has 1 rings (SSSR count). The summed E-state index contributed by atoms with van der Waals surface area (Å²) in [5, 5.41) is 24.1. The minimum atomic E-state index is -1.19. The van der Waals surface area contributed by atoms with Crippen LogP contribution in [-0.4, -0.2) is 46.4 Å². The van der Waals surface area contributed by atoms with Crippen molar-refractivity contribution in [3.05, 3.63) is 34.9 Å². The quantitative estimate of drug-likeness (QED) is 0.698. The molecule has 116 valence electrons. The maximum absolute atomic E-state index is 11.6. The van der Waals surface area contributed by atoms with Gasteiger partial charge < -0.3 is 20.1 Å². The van der Waals surface area contributed by atoms with Crippen molar-refractivity contribution >= 4 is 17.9 Å². The van der Waals surface area contributed by atoms with Crippen molar-refractivity contribution in [1.29, 1.82) is 0 Å². The third kappa shape index (κ3) is 6.05. The molecule has 0 heterocycles. The summed E-state index contributed by atoms with van der Waals surface area (Å²) in [6.45, 7) is 2.98. The highest BCUT2D eigenvalue weighted by atomic mass is 16.5. The van der Waals surface area contributed by atoms with Crippen LogP contribution in [0.1, 0.15) is 40.1 Å². The molecule has 3 N–H and O–H groups in total. The third-order valence-corrected chi connectivity index (χ3v) is 2.38. The van der Waals surface area contributed by atoms with Gasteiger partial charge in [0.1, 0.15) is 6.61 Å². The van der Waals surface area contributed by atoms with E-state index in [1.165, 1.54) is 6.07 Å². The number of carbonyl (C=O) groups is 3. The average Bonchev–Trinajstić information content (AvgIpc) is 2.46. The van der Waals surface area contributed by atoms with Gasteiger partial charge in [-0.2, -0.15) is 0 Å². The average molecular weight is 298 g/mol. The fourth-order valence-electron chi connectivity index (χ4n) is 1.53. The van der Waals surface area contributed by atoms with Gasteiger partial charge in [0.25, 0.3) is 0 Å². The van der Waals surface area contributed by atoms with Gasteiger partial charge in [-0.3, -0.25) is 0 Å². The van der Waals surface area contributed by atoms with Crippen LogP contribution >= 0.6 is 0 Å². The lowest BCUT2D eigenvalue weighted by atomic mass is 9.99. The van der Waals surface area contributed by atoms with Crippen molar-refractivity contribution in [3.63, 3.8) is 0 Å². The maximum atomic E-state index is 11.6. The maximum Gasteiger partial charge on any atom is 0.339 e. The standard InChI is InChI=1S/C12H14O4.C2H4O3/c1-3-8-6-5-7-9(10(8)11(13)14)12(15)16-4-2;3-1-2(4)5/h5-7H,3-4H2,1-2H3,(H,13,14);3H,1H2,(H,4,5). The number of rotatable bonds is 5. The zero-order valence-corrected chi connectivity index (χ0v) is 11.8. The Hall–Kier alpha value is -2.41. The Labute approximate surface area is 121 Å². The lowest BCUT2D eigenvalue weighted by Crippen LogP contribution is -2.13. The summed E-state index contributed by atoms with van der Waals surface area (Å²) in [4.78, 5) is 31.8. The first kappa shape index (κ1) is 18.6. The van der Waals surface area contributed by atoms with Crippen LogP contribution in [0.15, 0.2) is 18.2 Å². The minimum Gasteiger partial charge on any atom is -0.480 e. The van der Waals surface area contributed by atoms with Crippen molar-refractivity contribution in [3.8, 4) is 0 Å². The van der Waals surface area contributed by atoms with Gasteiger partial charge in [0.2, 0.25) is 0 Å². The van der Waals surface area contributed by atoms with Gasteiger partial charge in [0, 0.05) is 0 Å². The molecule has 0 aliphatic heterocycles.